The summed E-state index contributed by atoms with van der Waals surface area (Å²) in [6.45, 7) is 0. The molecule has 5 heterocycles. The van der Waals surface area contributed by atoms with Crippen molar-refractivity contribution in [1.29, 1.82) is 0 Å². The standard InChI is InChI=1S/C22H18N4/c1-25-19-7-9-21(25)14-22-10-8-20(26(22)2)13-18-6-4-16(24-18)11-15-3-5-17(12-19)23-15/h3-14H,1-2H3. The Balaban J connectivity index is 1.91. The van der Waals surface area contributed by atoms with E-state index in [-0.39, 0.29) is 0 Å². The van der Waals surface area contributed by atoms with Crippen molar-refractivity contribution in [3.63, 3.8) is 0 Å². The fourth-order valence-electron chi connectivity index (χ4n) is 3.38. The van der Waals surface area contributed by atoms with Crippen LogP contribution in [0.25, 0.3) is 46.4 Å². The highest BCUT2D eigenvalue weighted by Crippen LogP contribution is 2.19. The van der Waals surface area contributed by atoms with Crippen LogP contribution in [0.3, 0.4) is 0 Å². The molecule has 3 aromatic rings. The van der Waals surface area contributed by atoms with Gasteiger partial charge < -0.3 is 9.13 Å². The van der Waals surface area contributed by atoms with E-state index in [1.165, 1.54) is 0 Å². The van der Waals surface area contributed by atoms with E-state index in [9.17, 15) is 0 Å². The molecule has 0 saturated heterocycles. The number of fused-ring (bicyclic) bond motifs is 8. The van der Waals surface area contributed by atoms with E-state index >= 15 is 0 Å². The summed E-state index contributed by atoms with van der Waals surface area (Å²) >= 11 is 0. The Morgan fingerprint density at radius 1 is 0.500 bits per heavy atom. The summed E-state index contributed by atoms with van der Waals surface area (Å²) in [6, 6.07) is 17.0. The first-order valence-corrected chi connectivity index (χ1v) is 8.64. The van der Waals surface area contributed by atoms with Crippen molar-refractivity contribution in [3.05, 3.63) is 71.3 Å². The number of aromatic nitrogens is 4. The van der Waals surface area contributed by atoms with Gasteiger partial charge in [-0.1, -0.05) is 0 Å². The summed E-state index contributed by atoms with van der Waals surface area (Å²) < 4.78 is 4.37. The van der Waals surface area contributed by atoms with E-state index in [2.05, 4.69) is 75.7 Å². The van der Waals surface area contributed by atoms with Gasteiger partial charge in [0.25, 0.3) is 0 Å². The second-order valence-corrected chi connectivity index (χ2v) is 6.65. The molecule has 2 aliphatic heterocycles. The minimum atomic E-state index is 0.926. The molecule has 0 N–H and O–H groups in total. The number of rotatable bonds is 0. The Hall–Kier alpha value is -3.40. The van der Waals surface area contributed by atoms with Gasteiger partial charge in [-0.25, -0.2) is 9.97 Å². The van der Waals surface area contributed by atoms with Crippen molar-refractivity contribution in [2.45, 2.75) is 0 Å². The molecule has 4 nitrogen and oxygen atoms in total. The van der Waals surface area contributed by atoms with Crippen LogP contribution in [0.4, 0.5) is 0 Å². The van der Waals surface area contributed by atoms with Crippen molar-refractivity contribution in [1.82, 2.24) is 19.1 Å². The predicted octanol–water partition coefficient (Wildman–Crippen LogP) is 4.68. The lowest BCUT2D eigenvalue weighted by Crippen LogP contribution is -1.88. The van der Waals surface area contributed by atoms with Gasteiger partial charge >= 0.3 is 0 Å². The van der Waals surface area contributed by atoms with Crippen LogP contribution in [0.2, 0.25) is 0 Å². The number of hydrogen-bond donors (Lipinski definition) is 0. The number of aryl methyl sites for hydroxylation is 2. The summed E-state index contributed by atoms with van der Waals surface area (Å²) in [5.41, 5.74) is 8.33. The van der Waals surface area contributed by atoms with Crippen molar-refractivity contribution >= 4 is 46.4 Å². The third kappa shape index (κ3) is 2.47. The van der Waals surface area contributed by atoms with Crippen molar-refractivity contribution < 1.29 is 0 Å². The number of hydrogen-bond acceptors (Lipinski definition) is 2. The molecule has 0 spiro atoms. The first kappa shape index (κ1) is 14.9. The van der Waals surface area contributed by atoms with E-state index in [0.717, 1.165) is 44.8 Å². The minimum Gasteiger partial charge on any atom is -0.344 e. The normalized spacial score (nSPS) is 12.7. The smallest absolute Gasteiger partial charge is 0.0659 e. The van der Waals surface area contributed by atoms with Crippen LogP contribution in [0.1, 0.15) is 22.8 Å². The molecule has 4 heteroatoms. The summed E-state index contributed by atoms with van der Waals surface area (Å²) in [4.78, 5) is 9.37. The molecule has 3 aromatic heterocycles. The van der Waals surface area contributed by atoms with Gasteiger partial charge in [-0.3, -0.25) is 0 Å². The van der Waals surface area contributed by atoms with Crippen LogP contribution in [-0.4, -0.2) is 19.1 Å². The second kappa shape index (κ2) is 5.56. The van der Waals surface area contributed by atoms with Crippen LogP contribution >= 0.6 is 0 Å². The number of nitrogens with zero attached hydrogens (tertiary/aromatic N) is 4. The molecular formula is C22H18N4. The maximum atomic E-state index is 4.68. The fraction of sp³-hybridized carbons (Fsp3) is 0.0909. The van der Waals surface area contributed by atoms with Gasteiger partial charge in [0.1, 0.15) is 0 Å². The van der Waals surface area contributed by atoms with E-state index in [1.54, 1.807) is 0 Å². The zero-order chi connectivity index (χ0) is 17.7. The summed E-state index contributed by atoms with van der Waals surface area (Å²) in [5.74, 6) is 0. The first-order chi connectivity index (χ1) is 12.7. The first-order valence-electron chi connectivity index (χ1n) is 8.64. The lowest BCUT2D eigenvalue weighted by Gasteiger charge is -1.98. The van der Waals surface area contributed by atoms with E-state index in [0.29, 0.717) is 0 Å². The molecular weight excluding hydrogens is 320 g/mol. The van der Waals surface area contributed by atoms with Crippen LogP contribution < -0.4 is 0 Å². The van der Waals surface area contributed by atoms with Gasteiger partial charge in [0, 0.05) is 36.2 Å². The Labute approximate surface area is 151 Å². The van der Waals surface area contributed by atoms with Crippen molar-refractivity contribution in [3.8, 4) is 0 Å². The molecule has 0 aromatic carbocycles. The van der Waals surface area contributed by atoms with Crippen LogP contribution in [0, 0.1) is 0 Å². The Morgan fingerprint density at radius 3 is 1.27 bits per heavy atom. The lowest BCUT2D eigenvalue weighted by molar-refractivity contribution is 0.997. The van der Waals surface area contributed by atoms with Gasteiger partial charge in [0.15, 0.2) is 0 Å². The molecule has 126 valence electrons. The molecule has 0 radical (unpaired) electrons. The molecule has 0 amide bonds. The van der Waals surface area contributed by atoms with E-state index < -0.39 is 0 Å². The molecule has 0 atom stereocenters. The Bertz CT molecular complexity index is 1160. The lowest BCUT2D eigenvalue weighted by atomic mass is 10.3. The average molecular weight is 338 g/mol. The molecule has 5 rings (SSSR count). The largest absolute Gasteiger partial charge is 0.344 e. The highest BCUT2D eigenvalue weighted by atomic mass is 14.9. The van der Waals surface area contributed by atoms with Gasteiger partial charge in [-0.05, 0) is 72.8 Å². The molecule has 26 heavy (non-hydrogen) atoms. The van der Waals surface area contributed by atoms with Crippen molar-refractivity contribution in [2.24, 2.45) is 14.1 Å². The summed E-state index contributed by atoms with van der Waals surface area (Å²) in [7, 11) is 4.17. The van der Waals surface area contributed by atoms with Crippen LogP contribution in [-0.2, 0) is 14.1 Å². The molecule has 0 unspecified atom stereocenters. The highest BCUT2D eigenvalue weighted by molar-refractivity contribution is 5.78. The Morgan fingerprint density at radius 2 is 0.846 bits per heavy atom. The SMILES string of the molecule is Cn1c2ccc1cc1ccc(cc3nc(cc4nc(c2)C=C4)C=C3)n1C. The van der Waals surface area contributed by atoms with E-state index in [4.69, 9.17) is 0 Å². The van der Waals surface area contributed by atoms with Crippen molar-refractivity contribution in [2.75, 3.05) is 0 Å². The van der Waals surface area contributed by atoms with Crippen LogP contribution in [0.5, 0.6) is 0 Å². The Kier molecular flexibility index (Phi) is 3.19. The zero-order valence-corrected chi connectivity index (χ0v) is 14.7. The van der Waals surface area contributed by atoms with Gasteiger partial charge in [0.05, 0.1) is 22.8 Å². The van der Waals surface area contributed by atoms with Gasteiger partial charge in [-0.15, -0.1) is 0 Å². The van der Waals surface area contributed by atoms with E-state index in [1.807, 2.05) is 30.4 Å². The molecule has 0 aliphatic carbocycles. The highest BCUT2D eigenvalue weighted by Gasteiger charge is 2.04. The third-order valence-electron chi connectivity index (χ3n) is 4.95. The quantitative estimate of drug-likeness (QED) is 0.411. The molecule has 0 fully saturated rings. The predicted molar refractivity (Wildman–Crippen MR) is 108 cm³/mol. The summed E-state index contributed by atoms with van der Waals surface area (Å²) in [6.07, 6.45) is 8.14. The van der Waals surface area contributed by atoms with Crippen LogP contribution in [0.15, 0.2) is 48.5 Å². The molecule has 2 aliphatic rings. The van der Waals surface area contributed by atoms with Gasteiger partial charge in [0.2, 0.25) is 0 Å². The fourth-order valence-corrected chi connectivity index (χ4v) is 3.38. The summed E-state index contributed by atoms with van der Waals surface area (Å²) in [5, 5.41) is 0. The topological polar surface area (TPSA) is 35.6 Å². The third-order valence-corrected chi connectivity index (χ3v) is 4.95. The molecule has 8 bridgehead atoms. The zero-order valence-electron chi connectivity index (χ0n) is 14.7. The monoisotopic (exact) mass is 338 g/mol. The maximum Gasteiger partial charge on any atom is 0.0659 e. The maximum absolute atomic E-state index is 4.68. The second-order valence-electron chi connectivity index (χ2n) is 6.65. The molecule has 0 saturated carbocycles. The van der Waals surface area contributed by atoms with Gasteiger partial charge in [-0.2, -0.15) is 0 Å². The average Bonchev–Trinajstić information content (AvgIpc) is 3.38. The minimum absolute atomic E-state index is 0.926.